The van der Waals surface area contributed by atoms with Crippen molar-refractivity contribution < 1.29 is 22.8 Å². The molecule has 192 valence electrons. The summed E-state index contributed by atoms with van der Waals surface area (Å²) in [6.45, 7) is 9.67. The van der Waals surface area contributed by atoms with Gasteiger partial charge in [0.25, 0.3) is 5.91 Å². The van der Waals surface area contributed by atoms with Crippen molar-refractivity contribution in [3.63, 3.8) is 0 Å². The monoisotopic (exact) mass is 529 g/mol. The lowest BCUT2D eigenvalue weighted by Gasteiger charge is -2.39. The van der Waals surface area contributed by atoms with Gasteiger partial charge in [-0.1, -0.05) is 39.0 Å². The molecule has 10 heteroatoms. The first kappa shape index (κ1) is 27.5. The lowest BCUT2D eigenvalue weighted by Crippen LogP contribution is -2.53. The lowest BCUT2D eigenvalue weighted by atomic mass is 9.92. The first-order valence-electron chi connectivity index (χ1n) is 11.5. The number of halogens is 4. The SMILES string of the molecule is CC(C)(C)CCN1CCN(C(=O)C(c2cccs2)N(C(=O)CCl)c2ccccc2C(F)(F)F)CC1. The highest BCUT2D eigenvalue weighted by Crippen LogP contribution is 2.41. The third-order valence-corrected chi connectivity index (χ3v) is 7.17. The van der Waals surface area contributed by atoms with Crippen molar-refractivity contribution in [1.29, 1.82) is 0 Å². The Balaban J connectivity index is 1.93. The predicted molar refractivity (Wildman–Crippen MR) is 134 cm³/mol. The number of thiophene rings is 1. The molecule has 0 saturated carbocycles. The number of rotatable bonds is 7. The highest BCUT2D eigenvalue weighted by Gasteiger charge is 2.42. The van der Waals surface area contributed by atoms with E-state index >= 15 is 0 Å². The fourth-order valence-corrected chi connectivity index (χ4v) is 5.01. The van der Waals surface area contributed by atoms with E-state index in [1.54, 1.807) is 22.4 Å². The Bertz CT molecular complexity index is 1000. The summed E-state index contributed by atoms with van der Waals surface area (Å²) in [6.07, 6.45) is -3.69. The molecule has 1 aliphatic rings. The molecule has 0 bridgehead atoms. The van der Waals surface area contributed by atoms with Crippen LogP contribution in [0.25, 0.3) is 0 Å². The second kappa shape index (κ2) is 11.3. The van der Waals surface area contributed by atoms with Crippen LogP contribution in [0.15, 0.2) is 41.8 Å². The molecule has 2 heterocycles. The summed E-state index contributed by atoms with van der Waals surface area (Å²) < 4.78 is 41.6. The smallest absolute Gasteiger partial charge is 0.338 e. The highest BCUT2D eigenvalue weighted by molar-refractivity contribution is 7.10. The van der Waals surface area contributed by atoms with Crippen LogP contribution in [0.3, 0.4) is 0 Å². The molecule has 1 saturated heterocycles. The molecule has 1 atom stereocenters. The number of hydrogen-bond acceptors (Lipinski definition) is 4. The molecule has 0 N–H and O–H groups in total. The van der Waals surface area contributed by atoms with Crippen molar-refractivity contribution in [2.75, 3.05) is 43.5 Å². The Morgan fingerprint density at radius 2 is 1.71 bits per heavy atom. The number of benzene rings is 1. The van der Waals surface area contributed by atoms with E-state index in [4.69, 9.17) is 11.6 Å². The maximum Gasteiger partial charge on any atom is 0.418 e. The number of anilines is 1. The van der Waals surface area contributed by atoms with Crippen LogP contribution in [0.4, 0.5) is 18.9 Å². The Labute approximate surface area is 213 Å². The van der Waals surface area contributed by atoms with E-state index in [1.807, 2.05) is 0 Å². The first-order valence-corrected chi connectivity index (χ1v) is 12.9. The fraction of sp³-hybridized carbons (Fsp3) is 0.520. The third-order valence-electron chi connectivity index (χ3n) is 6.02. The number of carbonyl (C=O) groups is 2. The molecule has 3 rings (SSSR count). The normalized spacial score (nSPS) is 16.3. The standard InChI is InChI=1S/C25H31ClF3N3O2S/c1-24(2,3)10-11-30-12-14-31(15-13-30)23(34)22(20-9-6-16-35-20)32(21(33)17-26)19-8-5-4-7-18(19)25(27,28)29/h4-9,16,22H,10-15,17H2,1-3H3. The van der Waals surface area contributed by atoms with Gasteiger partial charge in [-0.15, -0.1) is 22.9 Å². The van der Waals surface area contributed by atoms with Gasteiger partial charge in [-0.05, 0) is 42.0 Å². The number of carbonyl (C=O) groups excluding carboxylic acids is 2. The van der Waals surface area contributed by atoms with Crippen molar-refractivity contribution in [3.05, 3.63) is 52.2 Å². The average molecular weight is 530 g/mol. The summed E-state index contributed by atoms with van der Waals surface area (Å²) in [4.78, 5) is 32.2. The summed E-state index contributed by atoms with van der Waals surface area (Å²) >= 11 is 7.07. The van der Waals surface area contributed by atoms with Crippen molar-refractivity contribution >= 4 is 40.4 Å². The summed E-state index contributed by atoms with van der Waals surface area (Å²) in [5.41, 5.74) is -1.16. The molecule has 0 radical (unpaired) electrons. The first-order chi connectivity index (χ1) is 16.4. The summed E-state index contributed by atoms with van der Waals surface area (Å²) in [5, 5.41) is 1.74. The molecule has 1 fully saturated rings. The molecule has 0 aliphatic carbocycles. The third kappa shape index (κ3) is 6.98. The van der Waals surface area contributed by atoms with E-state index in [0.29, 0.717) is 31.1 Å². The molecule has 1 aliphatic heterocycles. The molecule has 1 aromatic heterocycles. The minimum absolute atomic E-state index is 0.200. The molecule has 0 spiro atoms. The van der Waals surface area contributed by atoms with Crippen LogP contribution in [-0.4, -0.2) is 60.2 Å². The van der Waals surface area contributed by atoms with Gasteiger partial charge in [-0.2, -0.15) is 13.2 Å². The zero-order valence-corrected chi connectivity index (χ0v) is 21.7. The van der Waals surface area contributed by atoms with E-state index in [0.717, 1.165) is 23.9 Å². The average Bonchev–Trinajstić information content (AvgIpc) is 3.34. The molecule has 5 nitrogen and oxygen atoms in total. The Morgan fingerprint density at radius 1 is 1.06 bits per heavy atom. The van der Waals surface area contributed by atoms with Gasteiger partial charge in [0.2, 0.25) is 5.91 Å². The van der Waals surface area contributed by atoms with Crippen molar-refractivity contribution in [2.24, 2.45) is 5.41 Å². The molecule has 1 aromatic carbocycles. The number of hydrogen-bond donors (Lipinski definition) is 0. The van der Waals surface area contributed by atoms with Gasteiger partial charge in [-0.3, -0.25) is 19.4 Å². The highest BCUT2D eigenvalue weighted by atomic mass is 35.5. The number of nitrogens with zero attached hydrogens (tertiary/aromatic N) is 3. The Morgan fingerprint density at radius 3 is 2.26 bits per heavy atom. The number of para-hydroxylation sites is 1. The second-order valence-corrected chi connectivity index (χ2v) is 11.1. The number of alkyl halides is 4. The Hall–Kier alpha value is -2.10. The van der Waals surface area contributed by atoms with Crippen molar-refractivity contribution in [3.8, 4) is 0 Å². The van der Waals surface area contributed by atoms with Crippen LogP contribution >= 0.6 is 22.9 Å². The zero-order chi connectivity index (χ0) is 25.8. The minimum atomic E-state index is -4.71. The quantitative estimate of drug-likeness (QED) is 0.435. The topological polar surface area (TPSA) is 43.9 Å². The van der Waals surface area contributed by atoms with Gasteiger partial charge >= 0.3 is 6.18 Å². The second-order valence-electron chi connectivity index (χ2n) is 9.81. The van der Waals surface area contributed by atoms with Crippen LogP contribution in [0.2, 0.25) is 0 Å². The van der Waals surface area contributed by atoms with Gasteiger partial charge in [0.15, 0.2) is 0 Å². The van der Waals surface area contributed by atoms with Gasteiger partial charge in [-0.25, -0.2) is 0 Å². The van der Waals surface area contributed by atoms with Crippen LogP contribution in [0.1, 0.15) is 43.7 Å². The molecule has 1 unspecified atom stereocenters. The molecule has 2 amide bonds. The van der Waals surface area contributed by atoms with Crippen LogP contribution < -0.4 is 4.90 Å². The van der Waals surface area contributed by atoms with E-state index in [-0.39, 0.29) is 11.1 Å². The summed E-state index contributed by atoms with van der Waals surface area (Å²) in [5.74, 6) is -1.72. The zero-order valence-electron chi connectivity index (χ0n) is 20.1. The Kier molecular flexibility index (Phi) is 8.88. The molecular formula is C25H31ClF3N3O2S. The number of piperazine rings is 1. The van der Waals surface area contributed by atoms with E-state index in [9.17, 15) is 22.8 Å². The molecule has 35 heavy (non-hydrogen) atoms. The van der Waals surface area contributed by atoms with Gasteiger partial charge in [0.05, 0.1) is 11.3 Å². The van der Waals surface area contributed by atoms with Crippen LogP contribution in [0.5, 0.6) is 0 Å². The number of amides is 2. The molecular weight excluding hydrogens is 499 g/mol. The maximum absolute atomic E-state index is 13.9. The van der Waals surface area contributed by atoms with Crippen molar-refractivity contribution in [1.82, 2.24) is 9.80 Å². The van der Waals surface area contributed by atoms with Gasteiger partial charge in [0.1, 0.15) is 11.9 Å². The predicted octanol–water partition coefficient (Wildman–Crippen LogP) is 5.66. The summed E-state index contributed by atoms with van der Waals surface area (Å²) in [7, 11) is 0. The van der Waals surface area contributed by atoms with E-state index in [2.05, 4.69) is 25.7 Å². The van der Waals surface area contributed by atoms with Crippen LogP contribution in [0, 0.1) is 5.41 Å². The van der Waals surface area contributed by atoms with Crippen LogP contribution in [-0.2, 0) is 15.8 Å². The largest absolute Gasteiger partial charge is 0.418 e. The molecule has 2 aromatic rings. The maximum atomic E-state index is 13.9. The lowest BCUT2D eigenvalue weighted by molar-refractivity contribution is -0.139. The van der Waals surface area contributed by atoms with Crippen molar-refractivity contribution in [2.45, 2.75) is 39.4 Å². The summed E-state index contributed by atoms with van der Waals surface area (Å²) in [6, 6.07) is 6.95. The fourth-order valence-electron chi connectivity index (χ4n) is 4.07. The minimum Gasteiger partial charge on any atom is -0.338 e. The van der Waals surface area contributed by atoms with Gasteiger partial charge < -0.3 is 4.90 Å². The van der Waals surface area contributed by atoms with E-state index in [1.165, 1.54) is 29.5 Å². The van der Waals surface area contributed by atoms with Gasteiger partial charge in [0, 0.05) is 31.1 Å². The van der Waals surface area contributed by atoms with E-state index < -0.39 is 35.5 Å².